The monoisotopic (exact) mass is 224 g/mol. The van der Waals surface area contributed by atoms with Gasteiger partial charge in [0, 0.05) is 26.8 Å². The number of aliphatic hydroxyl groups excluding tert-OH is 1. The number of anilines is 2. The number of hydrogen-bond donors (Lipinski definition) is 2. The summed E-state index contributed by atoms with van der Waals surface area (Å²) in [4.78, 5) is 10.3. The lowest BCUT2D eigenvalue weighted by Crippen LogP contribution is -2.15. The summed E-state index contributed by atoms with van der Waals surface area (Å²) in [6.45, 7) is 2.69. The molecule has 1 heterocycles. The second kappa shape index (κ2) is 6.27. The van der Waals surface area contributed by atoms with Crippen LogP contribution in [0, 0.1) is 0 Å². The van der Waals surface area contributed by atoms with Crippen molar-refractivity contribution in [3.8, 4) is 0 Å². The zero-order valence-electron chi connectivity index (χ0n) is 10.1. The molecule has 5 heteroatoms. The summed E-state index contributed by atoms with van der Waals surface area (Å²) in [7, 11) is 3.81. The Morgan fingerprint density at radius 1 is 1.50 bits per heavy atom. The first-order valence-corrected chi connectivity index (χ1v) is 5.55. The van der Waals surface area contributed by atoms with E-state index in [1.165, 1.54) is 0 Å². The number of hydrogen-bond acceptors (Lipinski definition) is 5. The average molecular weight is 224 g/mol. The van der Waals surface area contributed by atoms with Crippen molar-refractivity contribution in [2.24, 2.45) is 0 Å². The molecule has 0 amide bonds. The molecule has 0 fully saturated rings. The predicted molar refractivity (Wildman–Crippen MR) is 65.8 cm³/mol. The molecule has 1 rings (SSSR count). The Hall–Kier alpha value is -1.36. The number of nitrogens with zero attached hydrogens (tertiary/aromatic N) is 3. The fourth-order valence-corrected chi connectivity index (χ4v) is 1.23. The first kappa shape index (κ1) is 12.7. The molecule has 2 N–H and O–H groups in total. The summed E-state index contributed by atoms with van der Waals surface area (Å²) in [6, 6.07) is 1.82. The topological polar surface area (TPSA) is 61.3 Å². The minimum atomic E-state index is -0.234. The smallest absolute Gasteiger partial charge is 0.226 e. The van der Waals surface area contributed by atoms with Gasteiger partial charge in [-0.15, -0.1) is 0 Å². The Balaban J connectivity index is 2.45. The van der Waals surface area contributed by atoms with E-state index >= 15 is 0 Å². The van der Waals surface area contributed by atoms with E-state index in [1.807, 2.05) is 32.0 Å². The van der Waals surface area contributed by atoms with Gasteiger partial charge in [-0.05, 0) is 18.9 Å². The molecule has 1 unspecified atom stereocenters. The number of aliphatic hydroxyl groups is 1. The van der Waals surface area contributed by atoms with Crippen LogP contribution in [0.15, 0.2) is 12.3 Å². The Bertz CT molecular complexity index is 317. The minimum Gasteiger partial charge on any atom is -0.393 e. The molecule has 0 aliphatic carbocycles. The SMILES string of the molecule is CCC(O)CCNc1ccnc(N(C)C)n1. The highest BCUT2D eigenvalue weighted by molar-refractivity contribution is 5.40. The van der Waals surface area contributed by atoms with Crippen molar-refractivity contribution in [3.63, 3.8) is 0 Å². The summed E-state index contributed by atoms with van der Waals surface area (Å²) in [6.07, 6.45) is 3.01. The third-order valence-electron chi connectivity index (χ3n) is 2.30. The quantitative estimate of drug-likeness (QED) is 0.758. The van der Waals surface area contributed by atoms with E-state index in [0.29, 0.717) is 5.95 Å². The van der Waals surface area contributed by atoms with Gasteiger partial charge in [-0.25, -0.2) is 4.98 Å². The lowest BCUT2D eigenvalue weighted by Gasteiger charge is -2.12. The van der Waals surface area contributed by atoms with Crippen molar-refractivity contribution >= 4 is 11.8 Å². The van der Waals surface area contributed by atoms with Crippen molar-refractivity contribution < 1.29 is 5.11 Å². The van der Waals surface area contributed by atoms with Crippen molar-refractivity contribution in [2.45, 2.75) is 25.9 Å². The highest BCUT2D eigenvalue weighted by atomic mass is 16.3. The van der Waals surface area contributed by atoms with Gasteiger partial charge in [0.15, 0.2) is 0 Å². The molecular weight excluding hydrogens is 204 g/mol. The molecule has 16 heavy (non-hydrogen) atoms. The fraction of sp³-hybridized carbons (Fsp3) is 0.636. The Kier molecular flexibility index (Phi) is 4.98. The lowest BCUT2D eigenvalue weighted by molar-refractivity contribution is 0.164. The van der Waals surface area contributed by atoms with E-state index < -0.39 is 0 Å². The van der Waals surface area contributed by atoms with Crippen molar-refractivity contribution in [2.75, 3.05) is 30.9 Å². The Labute approximate surface area is 96.5 Å². The van der Waals surface area contributed by atoms with Crippen LogP contribution in [0.4, 0.5) is 11.8 Å². The summed E-state index contributed by atoms with van der Waals surface area (Å²) >= 11 is 0. The molecular formula is C11H20N4O. The standard InChI is InChI=1S/C11H20N4O/c1-4-9(16)5-7-12-10-6-8-13-11(14-10)15(2)3/h6,8-9,16H,4-5,7H2,1-3H3,(H,12,13,14). The van der Waals surface area contributed by atoms with Crippen LogP contribution in [-0.2, 0) is 0 Å². The molecule has 1 atom stereocenters. The number of aromatic nitrogens is 2. The molecule has 0 bridgehead atoms. The van der Waals surface area contributed by atoms with Crippen molar-refractivity contribution in [1.82, 2.24) is 9.97 Å². The van der Waals surface area contributed by atoms with Crippen LogP contribution in [-0.4, -0.2) is 41.8 Å². The first-order chi connectivity index (χ1) is 7.63. The van der Waals surface area contributed by atoms with Crippen LogP contribution in [0.1, 0.15) is 19.8 Å². The maximum Gasteiger partial charge on any atom is 0.226 e. The molecule has 0 saturated heterocycles. The third kappa shape index (κ3) is 4.02. The van der Waals surface area contributed by atoms with E-state index in [9.17, 15) is 5.11 Å². The van der Waals surface area contributed by atoms with Gasteiger partial charge in [0.05, 0.1) is 6.10 Å². The molecule has 0 aliphatic heterocycles. The van der Waals surface area contributed by atoms with Crippen LogP contribution >= 0.6 is 0 Å². The molecule has 0 aromatic carbocycles. The Morgan fingerprint density at radius 3 is 2.88 bits per heavy atom. The largest absolute Gasteiger partial charge is 0.393 e. The van der Waals surface area contributed by atoms with E-state index in [4.69, 9.17) is 0 Å². The molecule has 1 aromatic heterocycles. The maximum atomic E-state index is 9.40. The first-order valence-electron chi connectivity index (χ1n) is 5.55. The molecule has 0 spiro atoms. The number of nitrogens with one attached hydrogen (secondary N) is 1. The average Bonchev–Trinajstić information content (AvgIpc) is 2.29. The molecule has 5 nitrogen and oxygen atoms in total. The summed E-state index contributed by atoms with van der Waals surface area (Å²) in [5.74, 6) is 1.48. The molecule has 0 saturated carbocycles. The van der Waals surface area contributed by atoms with Crippen molar-refractivity contribution in [3.05, 3.63) is 12.3 Å². The maximum absolute atomic E-state index is 9.40. The Morgan fingerprint density at radius 2 is 2.25 bits per heavy atom. The second-order valence-electron chi connectivity index (χ2n) is 3.91. The molecule has 0 aliphatic rings. The summed E-state index contributed by atoms with van der Waals surface area (Å²) in [5.41, 5.74) is 0. The summed E-state index contributed by atoms with van der Waals surface area (Å²) < 4.78 is 0. The zero-order chi connectivity index (χ0) is 12.0. The van der Waals surface area contributed by atoms with Crippen LogP contribution in [0.2, 0.25) is 0 Å². The lowest BCUT2D eigenvalue weighted by atomic mass is 10.2. The zero-order valence-corrected chi connectivity index (χ0v) is 10.1. The van der Waals surface area contributed by atoms with Crippen LogP contribution < -0.4 is 10.2 Å². The van der Waals surface area contributed by atoms with Gasteiger partial charge in [-0.1, -0.05) is 6.92 Å². The highest BCUT2D eigenvalue weighted by Crippen LogP contribution is 2.08. The van der Waals surface area contributed by atoms with Gasteiger partial charge in [0.1, 0.15) is 5.82 Å². The molecule has 90 valence electrons. The molecule has 1 aromatic rings. The van der Waals surface area contributed by atoms with E-state index in [2.05, 4.69) is 15.3 Å². The normalized spacial score (nSPS) is 12.2. The van der Waals surface area contributed by atoms with Gasteiger partial charge in [-0.3, -0.25) is 0 Å². The predicted octanol–water partition coefficient (Wildman–Crippen LogP) is 1.12. The van der Waals surface area contributed by atoms with E-state index in [1.54, 1.807) is 6.20 Å². The van der Waals surface area contributed by atoms with Crippen LogP contribution in [0.25, 0.3) is 0 Å². The molecule has 0 radical (unpaired) electrons. The van der Waals surface area contributed by atoms with Gasteiger partial charge in [0.25, 0.3) is 0 Å². The van der Waals surface area contributed by atoms with Crippen LogP contribution in [0.5, 0.6) is 0 Å². The van der Waals surface area contributed by atoms with Gasteiger partial charge >= 0.3 is 0 Å². The van der Waals surface area contributed by atoms with Gasteiger partial charge < -0.3 is 15.3 Å². The van der Waals surface area contributed by atoms with Gasteiger partial charge in [0.2, 0.25) is 5.95 Å². The van der Waals surface area contributed by atoms with Gasteiger partial charge in [-0.2, -0.15) is 4.98 Å². The fourth-order valence-electron chi connectivity index (χ4n) is 1.23. The van der Waals surface area contributed by atoms with E-state index in [-0.39, 0.29) is 6.10 Å². The highest BCUT2D eigenvalue weighted by Gasteiger charge is 2.02. The minimum absolute atomic E-state index is 0.234. The van der Waals surface area contributed by atoms with Crippen molar-refractivity contribution in [1.29, 1.82) is 0 Å². The third-order valence-corrected chi connectivity index (χ3v) is 2.30. The summed E-state index contributed by atoms with van der Waals surface area (Å²) in [5, 5.41) is 12.6. The number of rotatable bonds is 6. The van der Waals surface area contributed by atoms with Crippen LogP contribution in [0.3, 0.4) is 0 Å². The second-order valence-corrected chi connectivity index (χ2v) is 3.91. The van der Waals surface area contributed by atoms with E-state index in [0.717, 1.165) is 25.2 Å².